The van der Waals surface area contributed by atoms with Crippen LogP contribution in [0, 0.1) is 0 Å². The quantitative estimate of drug-likeness (QED) is 0.873. The number of nitrogens with zero attached hydrogens (tertiary/aromatic N) is 3. The number of carbonyl (C=O) groups excluding carboxylic acids is 2. The minimum Gasteiger partial charge on any atom is -0.353 e. The number of anilines is 1. The van der Waals surface area contributed by atoms with Crippen LogP contribution in [-0.4, -0.2) is 73.5 Å². The van der Waals surface area contributed by atoms with Gasteiger partial charge >= 0.3 is 0 Å². The van der Waals surface area contributed by atoms with Crippen molar-refractivity contribution < 1.29 is 9.59 Å². The molecule has 2 amide bonds. The van der Waals surface area contributed by atoms with Gasteiger partial charge in [-0.05, 0) is 45.0 Å². The summed E-state index contributed by atoms with van der Waals surface area (Å²) in [5.41, 5.74) is 2.33. The maximum atomic E-state index is 12.8. The summed E-state index contributed by atoms with van der Waals surface area (Å²) in [6, 6.07) is 8.56. The Hall–Kier alpha value is -1.92. The van der Waals surface area contributed by atoms with E-state index in [1.165, 1.54) is 5.56 Å². The van der Waals surface area contributed by atoms with Gasteiger partial charge in [0.1, 0.15) is 6.04 Å². The molecule has 0 radical (unpaired) electrons. The highest BCUT2D eigenvalue weighted by molar-refractivity contribution is 5.95. The van der Waals surface area contributed by atoms with Crippen molar-refractivity contribution in [2.24, 2.45) is 0 Å². The smallest absolute Gasteiger partial charge is 0.239 e. The van der Waals surface area contributed by atoms with Crippen molar-refractivity contribution in [1.29, 1.82) is 0 Å². The summed E-state index contributed by atoms with van der Waals surface area (Å²) in [4.78, 5) is 31.6. The van der Waals surface area contributed by atoms with Gasteiger partial charge in [-0.2, -0.15) is 0 Å². The number of fused-ring (bicyclic) bond motifs is 2. The van der Waals surface area contributed by atoms with Crippen LogP contribution in [-0.2, 0) is 16.0 Å². The van der Waals surface area contributed by atoms with Gasteiger partial charge in [-0.15, -0.1) is 0 Å². The van der Waals surface area contributed by atoms with Gasteiger partial charge in [0.15, 0.2) is 0 Å². The Morgan fingerprint density at radius 3 is 2.88 bits per heavy atom. The van der Waals surface area contributed by atoms with Crippen molar-refractivity contribution in [3.63, 3.8) is 0 Å². The van der Waals surface area contributed by atoms with E-state index in [1.807, 2.05) is 30.1 Å². The third kappa shape index (κ3) is 3.01. The summed E-state index contributed by atoms with van der Waals surface area (Å²) >= 11 is 0. The average molecular weight is 356 g/mol. The summed E-state index contributed by atoms with van der Waals surface area (Å²) < 4.78 is 0. The summed E-state index contributed by atoms with van der Waals surface area (Å²) in [6.45, 7) is 2.36. The van der Waals surface area contributed by atoms with Crippen molar-refractivity contribution in [3.05, 3.63) is 29.8 Å². The second-order valence-electron chi connectivity index (χ2n) is 7.81. The van der Waals surface area contributed by atoms with E-state index in [1.54, 1.807) is 0 Å². The number of nitrogens with one attached hydrogen (secondary N) is 1. The third-order valence-electron chi connectivity index (χ3n) is 6.38. The molecule has 0 aromatic heterocycles. The number of amides is 2. The lowest BCUT2D eigenvalue weighted by atomic mass is 10.0. The van der Waals surface area contributed by atoms with Gasteiger partial charge in [-0.1, -0.05) is 18.2 Å². The van der Waals surface area contributed by atoms with E-state index >= 15 is 0 Å². The second kappa shape index (κ2) is 7.00. The minimum atomic E-state index is -0.0637. The molecule has 26 heavy (non-hydrogen) atoms. The maximum absolute atomic E-state index is 12.8. The third-order valence-corrected chi connectivity index (χ3v) is 6.38. The molecule has 3 aliphatic heterocycles. The van der Waals surface area contributed by atoms with Gasteiger partial charge in [0.2, 0.25) is 11.8 Å². The molecule has 4 rings (SSSR count). The van der Waals surface area contributed by atoms with Crippen molar-refractivity contribution in [1.82, 2.24) is 15.1 Å². The molecule has 140 valence electrons. The molecule has 6 nitrogen and oxygen atoms in total. The van der Waals surface area contributed by atoms with Gasteiger partial charge in [-0.25, -0.2) is 0 Å². The predicted octanol–water partition coefficient (Wildman–Crippen LogP) is 0.859. The number of rotatable bonds is 3. The lowest BCUT2D eigenvalue weighted by Gasteiger charge is -2.32. The van der Waals surface area contributed by atoms with E-state index in [-0.39, 0.29) is 29.9 Å². The Balaban J connectivity index is 1.40. The molecule has 1 N–H and O–H groups in total. The molecule has 3 atom stereocenters. The molecule has 1 aromatic rings. The summed E-state index contributed by atoms with van der Waals surface area (Å²) in [7, 11) is 4.13. The predicted molar refractivity (Wildman–Crippen MR) is 101 cm³/mol. The largest absolute Gasteiger partial charge is 0.353 e. The second-order valence-corrected chi connectivity index (χ2v) is 7.81. The first-order valence-electron chi connectivity index (χ1n) is 9.64. The zero-order valence-electron chi connectivity index (χ0n) is 15.6. The Morgan fingerprint density at radius 2 is 2.04 bits per heavy atom. The van der Waals surface area contributed by atoms with Crippen LogP contribution in [0.4, 0.5) is 5.69 Å². The Bertz CT molecular complexity index is 707. The first kappa shape index (κ1) is 17.5. The summed E-state index contributed by atoms with van der Waals surface area (Å²) in [6.07, 6.45) is 3.25. The van der Waals surface area contributed by atoms with Crippen molar-refractivity contribution in [2.45, 2.75) is 43.8 Å². The fourth-order valence-electron chi connectivity index (χ4n) is 4.79. The number of benzene rings is 1. The molecule has 3 heterocycles. The molecule has 1 aromatic carbocycles. The highest BCUT2D eigenvalue weighted by atomic mass is 16.2. The van der Waals surface area contributed by atoms with Gasteiger partial charge in [0.25, 0.3) is 0 Å². The van der Waals surface area contributed by atoms with Crippen LogP contribution >= 0.6 is 0 Å². The molecule has 0 bridgehead atoms. The molecule has 3 aliphatic rings. The standard InChI is InChI=1S/C20H28N4O2/c1-22-11-10-17-19(22)20(26)21-13-15(23(17)2)7-8-18(25)24-12-9-14-5-3-4-6-16(14)24/h3-6,15,17,19H,7-13H2,1-2H3,(H,21,26). The van der Waals surface area contributed by atoms with Crippen molar-refractivity contribution in [2.75, 3.05) is 38.6 Å². The first-order valence-corrected chi connectivity index (χ1v) is 9.64. The van der Waals surface area contributed by atoms with E-state index in [0.29, 0.717) is 13.0 Å². The lowest BCUT2D eigenvalue weighted by Crippen LogP contribution is -2.48. The van der Waals surface area contributed by atoms with Crippen LogP contribution in [0.1, 0.15) is 24.8 Å². The van der Waals surface area contributed by atoms with E-state index in [4.69, 9.17) is 0 Å². The highest BCUT2D eigenvalue weighted by Gasteiger charge is 2.43. The van der Waals surface area contributed by atoms with Crippen LogP contribution < -0.4 is 10.2 Å². The Kier molecular flexibility index (Phi) is 4.71. The Labute approximate surface area is 155 Å². The normalized spacial score (nSPS) is 29.2. The molecule has 0 saturated carbocycles. The maximum Gasteiger partial charge on any atom is 0.239 e. The fourth-order valence-corrected chi connectivity index (χ4v) is 4.79. The molecule has 2 saturated heterocycles. The van der Waals surface area contributed by atoms with Gasteiger partial charge in [-0.3, -0.25) is 19.4 Å². The summed E-state index contributed by atoms with van der Waals surface area (Å²) in [5.74, 6) is 0.322. The molecule has 3 unspecified atom stereocenters. The monoisotopic (exact) mass is 356 g/mol. The number of hydrogen-bond donors (Lipinski definition) is 1. The molecular formula is C20H28N4O2. The SMILES string of the molecule is CN1CCC2C1C(=O)NCC(CCC(=O)N1CCc3ccccc31)N2C. The minimum absolute atomic E-state index is 0.0637. The van der Waals surface area contributed by atoms with Crippen LogP contribution in [0.2, 0.25) is 0 Å². The average Bonchev–Trinajstić information content (AvgIpc) is 3.21. The Morgan fingerprint density at radius 1 is 1.23 bits per heavy atom. The molecule has 6 heteroatoms. The first-order chi connectivity index (χ1) is 12.6. The van der Waals surface area contributed by atoms with Gasteiger partial charge in [0.05, 0.1) is 0 Å². The van der Waals surface area contributed by atoms with Crippen LogP contribution in [0.3, 0.4) is 0 Å². The number of likely N-dealkylation sites (N-methyl/N-ethyl adjacent to an activating group) is 2. The van der Waals surface area contributed by atoms with E-state index in [9.17, 15) is 9.59 Å². The number of carbonyl (C=O) groups is 2. The fraction of sp³-hybridized carbons (Fsp3) is 0.600. The highest BCUT2D eigenvalue weighted by Crippen LogP contribution is 2.29. The number of hydrogen-bond acceptors (Lipinski definition) is 4. The number of para-hydroxylation sites is 1. The number of likely N-dealkylation sites (tertiary alicyclic amines) is 1. The zero-order chi connectivity index (χ0) is 18.3. The van der Waals surface area contributed by atoms with Crippen LogP contribution in [0.15, 0.2) is 24.3 Å². The van der Waals surface area contributed by atoms with E-state index < -0.39 is 0 Å². The van der Waals surface area contributed by atoms with Gasteiger partial charge < -0.3 is 10.2 Å². The lowest BCUT2D eigenvalue weighted by molar-refractivity contribution is -0.125. The zero-order valence-corrected chi connectivity index (χ0v) is 15.6. The van der Waals surface area contributed by atoms with E-state index in [2.05, 4.69) is 28.2 Å². The van der Waals surface area contributed by atoms with E-state index in [0.717, 1.165) is 38.0 Å². The molecular weight excluding hydrogens is 328 g/mol. The topological polar surface area (TPSA) is 55.9 Å². The van der Waals surface area contributed by atoms with Crippen molar-refractivity contribution >= 4 is 17.5 Å². The van der Waals surface area contributed by atoms with Crippen LogP contribution in [0.25, 0.3) is 0 Å². The summed E-state index contributed by atoms with van der Waals surface area (Å²) in [5, 5.41) is 3.09. The molecule has 2 fully saturated rings. The molecule has 0 spiro atoms. The van der Waals surface area contributed by atoms with Crippen molar-refractivity contribution in [3.8, 4) is 0 Å². The van der Waals surface area contributed by atoms with Crippen LogP contribution in [0.5, 0.6) is 0 Å². The van der Waals surface area contributed by atoms with Gasteiger partial charge in [0, 0.05) is 43.8 Å². The molecule has 0 aliphatic carbocycles.